The van der Waals surface area contributed by atoms with Crippen molar-refractivity contribution < 1.29 is 28.5 Å². The lowest BCUT2D eigenvalue weighted by Gasteiger charge is -2.47. The highest BCUT2D eigenvalue weighted by Crippen LogP contribution is 2.40. The van der Waals surface area contributed by atoms with E-state index in [4.69, 9.17) is 18.9 Å². The van der Waals surface area contributed by atoms with Crippen molar-refractivity contribution in [2.24, 2.45) is 0 Å². The second-order valence-corrected chi connectivity index (χ2v) is 7.46. The Hall–Kier alpha value is -2.96. The third-order valence-electron chi connectivity index (χ3n) is 5.59. The van der Waals surface area contributed by atoms with E-state index in [9.17, 15) is 9.59 Å². The number of ether oxygens (including phenoxy) is 4. The van der Waals surface area contributed by atoms with Gasteiger partial charge in [0.15, 0.2) is 12.2 Å². The molecule has 0 saturated carbocycles. The summed E-state index contributed by atoms with van der Waals surface area (Å²) in [5.41, 5.74) is 0.208. The fraction of sp³-hybridized carbons (Fsp3) is 0.333. The zero-order chi connectivity index (χ0) is 21.0. The second-order valence-electron chi connectivity index (χ2n) is 7.46. The average Bonchev–Trinajstić information content (AvgIpc) is 3.26. The van der Waals surface area contributed by atoms with E-state index in [1.54, 1.807) is 55.6 Å². The first kappa shape index (κ1) is 20.3. The summed E-state index contributed by atoms with van der Waals surface area (Å²) >= 11 is 0. The lowest BCUT2D eigenvalue weighted by molar-refractivity contribution is -0.238. The van der Waals surface area contributed by atoms with Crippen LogP contribution < -0.4 is 0 Å². The van der Waals surface area contributed by atoms with Crippen molar-refractivity contribution >= 4 is 11.9 Å². The average molecular weight is 408 g/mol. The van der Waals surface area contributed by atoms with E-state index in [-0.39, 0.29) is 6.61 Å². The van der Waals surface area contributed by atoms with E-state index in [0.29, 0.717) is 24.0 Å². The highest BCUT2D eigenvalue weighted by molar-refractivity contribution is 5.90. The van der Waals surface area contributed by atoms with Crippen LogP contribution in [-0.2, 0) is 18.9 Å². The molecule has 0 amide bonds. The van der Waals surface area contributed by atoms with E-state index < -0.39 is 35.9 Å². The van der Waals surface area contributed by atoms with Crippen LogP contribution in [0.2, 0.25) is 0 Å². The van der Waals surface area contributed by atoms with Crippen molar-refractivity contribution in [2.75, 3.05) is 13.7 Å². The summed E-state index contributed by atoms with van der Waals surface area (Å²) in [6.07, 6.45) is 3.17. The fourth-order valence-corrected chi connectivity index (χ4v) is 4.05. The third-order valence-corrected chi connectivity index (χ3v) is 5.59. The van der Waals surface area contributed by atoms with E-state index in [0.717, 1.165) is 0 Å². The molecule has 2 aromatic carbocycles. The van der Waals surface area contributed by atoms with Gasteiger partial charge in [-0.1, -0.05) is 48.6 Å². The molecule has 1 spiro atoms. The molecular weight excluding hydrogens is 384 g/mol. The van der Waals surface area contributed by atoms with Gasteiger partial charge in [-0.05, 0) is 37.1 Å². The molecule has 1 aliphatic carbocycles. The molecule has 6 nitrogen and oxygen atoms in total. The predicted molar refractivity (Wildman–Crippen MR) is 109 cm³/mol. The van der Waals surface area contributed by atoms with Crippen LogP contribution in [0.25, 0.3) is 0 Å². The van der Waals surface area contributed by atoms with Gasteiger partial charge in [0.25, 0.3) is 0 Å². The van der Waals surface area contributed by atoms with Crippen LogP contribution >= 0.6 is 0 Å². The van der Waals surface area contributed by atoms with Gasteiger partial charge in [0.05, 0.1) is 17.7 Å². The lowest BCUT2D eigenvalue weighted by Crippen LogP contribution is -2.62. The molecule has 2 aromatic rings. The number of benzene rings is 2. The largest absolute Gasteiger partial charge is 0.452 e. The topological polar surface area (TPSA) is 71.1 Å². The SMILES string of the molecule is CO[C@@H]1[C@@H](OC(=O)c2ccccc2)[C@@H](OC(=O)c2ccccc2)COC12CC=CC2. The molecule has 1 heterocycles. The highest BCUT2D eigenvalue weighted by atomic mass is 16.6. The van der Waals surface area contributed by atoms with Crippen molar-refractivity contribution in [1.82, 2.24) is 0 Å². The smallest absolute Gasteiger partial charge is 0.338 e. The van der Waals surface area contributed by atoms with Crippen LogP contribution in [0.1, 0.15) is 33.6 Å². The number of rotatable bonds is 5. The summed E-state index contributed by atoms with van der Waals surface area (Å²) < 4.78 is 23.5. The first-order valence-corrected chi connectivity index (χ1v) is 9.97. The van der Waals surface area contributed by atoms with Gasteiger partial charge in [0, 0.05) is 7.11 Å². The minimum absolute atomic E-state index is 0.118. The van der Waals surface area contributed by atoms with Crippen molar-refractivity contribution in [3.63, 3.8) is 0 Å². The molecule has 30 heavy (non-hydrogen) atoms. The van der Waals surface area contributed by atoms with Crippen LogP contribution in [0.15, 0.2) is 72.8 Å². The van der Waals surface area contributed by atoms with Gasteiger partial charge in [-0.25, -0.2) is 9.59 Å². The van der Waals surface area contributed by atoms with Gasteiger partial charge in [-0.15, -0.1) is 0 Å². The summed E-state index contributed by atoms with van der Waals surface area (Å²) in [5, 5.41) is 0. The summed E-state index contributed by atoms with van der Waals surface area (Å²) in [4.78, 5) is 25.5. The first-order chi connectivity index (χ1) is 14.6. The van der Waals surface area contributed by atoms with Crippen molar-refractivity contribution in [2.45, 2.75) is 36.8 Å². The van der Waals surface area contributed by atoms with Gasteiger partial charge in [0.1, 0.15) is 11.7 Å². The minimum Gasteiger partial charge on any atom is -0.452 e. The number of hydrogen-bond acceptors (Lipinski definition) is 6. The molecule has 3 atom stereocenters. The van der Waals surface area contributed by atoms with Gasteiger partial charge < -0.3 is 18.9 Å². The van der Waals surface area contributed by atoms with Crippen molar-refractivity contribution in [1.29, 1.82) is 0 Å². The Kier molecular flexibility index (Phi) is 5.97. The third kappa shape index (κ3) is 4.01. The van der Waals surface area contributed by atoms with Crippen LogP contribution in [-0.4, -0.2) is 49.6 Å². The maximum absolute atomic E-state index is 12.8. The van der Waals surface area contributed by atoms with E-state index in [2.05, 4.69) is 0 Å². The monoisotopic (exact) mass is 408 g/mol. The van der Waals surface area contributed by atoms with Gasteiger partial charge in [-0.2, -0.15) is 0 Å². The van der Waals surface area contributed by atoms with E-state index >= 15 is 0 Å². The Morgan fingerprint density at radius 3 is 1.93 bits per heavy atom. The molecule has 6 heteroatoms. The molecule has 1 fully saturated rings. The van der Waals surface area contributed by atoms with Crippen LogP contribution in [0.3, 0.4) is 0 Å². The molecular formula is C24H24O6. The van der Waals surface area contributed by atoms with Crippen molar-refractivity contribution in [3.05, 3.63) is 83.9 Å². The molecule has 1 aliphatic heterocycles. The molecule has 0 bridgehead atoms. The molecule has 1 saturated heterocycles. The van der Waals surface area contributed by atoms with Crippen LogP contribution in [0.4, 0.5) is 0 Å². The lowest BCUT2D eigenvalue weighted by atomic mass is 9.85. The number of carbonyl (C=O) groups is 2. The summed E-state index contributed by atoms with van der Waals surface area (Å²) in [6, 6.07) is 17.4. The maximum atomic E-state index is 12.8. The standard InChI is InChI=1S/C24H24O6/c1-27-21-20(30-23(26)18-12-6-3-7-13-18)19(16-28-24(21)14-8-9-15-24)29-22(25)17-10-4-2-5-11-17/h2-13,19-21H,14-16H2,1H3/t19-,20-,21+/m0/s1. The van der Waals surface area contributed by atoms with E-state index in [1.807, 2.05) is 24.3 Å². The Bertz CT molecular complexity index is 900. The number of carbonyl (C=O) groups excluding carboxylic acids is 2. The van der Waals surface area contributed by atoms with E-state index in [1.165, 1.54) is 0 Å². The molecule has 156 valence electrons. The minimum atomic E-state index is -0.802. The van der Waals surface area contributed by atoms with Crippen molar-refractivity contribution in [3.8, 4) is 0 Å². The normalized spacial score (nSPS) is 24.5. The van der Waals surface area contributed by atoms with Gasteiger partial charge in [0.2, 0.25) is 0 Å². The summed E-state index contributed by atoms with van der Waals surface area (Å²) in [7, 11) is 1.55. The summed E-state index contributed by atoms with van der Waals surface area (Å²) in [6.45, 7) is 0.118. The molecule has 0 radical (unpaired) electrons. The zero-order valence-electron chi connectivity index (χ0n) is 16.7. The zero-order valence-corrected chi connectivity index (χ0v) is 16.7. The molecule has 2 aliphatic rings. The van der Waals surface area contributed by atoms with Crippen LogP contribution in [0.5, 0.6) is 0 Å². The summed E-state index contributed by atoms with van der Waals surface area (Å²) in [5.74, 6) is -0.994. The molecule has 0 unspecified atom stereocenters. The maximum Gasteiger partial charge on any atom is 0.338 e. The second kappa shape index (κ2) is 8.81. The first-order valence-electron chi connectivity index (χ1n) is 9.97. The Balaban J connectivity index is 1.59. The molecule has 4 rings (SSSR count). The van der Waals surface area contributed by atoms with Gasteiger partial charge >= 0.3 is 11.9 Å². The molecule has 0 aromatic heterocycles. The number of methoxy groups -OCH3 is 1. The highest BCUT2D eigenvalue weighted by Gasteiger charge is 2.54. The number of hydrogen-bond donors (Lipinski definition) is 0. The number of esters is 2. The Labute approximate surface area is 175 Å². The molecule has 0 N–H and O–H groups in total. The van der Waals surface area contributed by atoms with Crippen LogP contribution in [0, 0.1) is 0 Å². The predicted octanol–water partition coefficient (Wildman–Crippen LogP) is 3.57. The fourth-order valence-electron chi connectivity index (χ4n) is 4.05. The quantitative estimate of drug-likeness (QED) is 0.556. The Morgan fingerprint density at radius 2 is 1.40 bits per heavy atom. The van der Waals surface area contributed by atoms with Gasteiger partial charge in [-0.3, -0.25) is 0 Å². The Morgan fingerprint density at radius 1 is 0.867 bits per heavy atom.